The predicted octanol–water partition coefficient (Wildman–Crippen LogP) is 3.05. The van der Waals surface area contributed by atoms with Gasteiger partial charge in [0.05, 0.1) is 23.3 Å². The molecule has 1 amide bonds. The van der Waals surface area contributed by atoms with Crippen molar-refractivity contribution in [1.82, 2.24) is 24.4 Å². The second-order valence-electron chi connectivity index (χ2n) is 6.65. The van der Waals surface area contributed by atoms with Crippen LogP contribution in [-0.2, 0) is 24.4 Å². The average molecular weight is 407 g/mol. The summed E-state index contributed by atoms with van der Waals surface area (Å²) in [5, 5.41) is 5.64. The summed E-state index contributed by atoms with van der Waals surface area (Å²) in [6.45, 7) is 2.97. The van der Waals surface area contributed by atoms with E-state index in [9.17, 15) is 9.59 Å². The van der Waals surface area contributed by atoms with Gasteiger partial charge in [0.1, 0.15) is 11.6 Å². The Morgan fingerprint density at radius 1 is 1.10 bits per heavy atom. The number of para-hydroxylation sites is 2. The molecule has 3 aromatic heterocycles. The smallest absolute Gasteiger partial charge is 0.329 e. The molecule has 4 aromatic rings. The zero-order chi connectivity index (χ0) is 20.2. The minimum Gasteiger partial charge on any atom is -0.348 e. The molecule has 1 N–H and O–H groups in total. The zero-order valence-electron chi connectivity index (χ0n) is 16.0. The molecule has 1 aromatic carbocycles. The van der Waals surface area contributed by atoms with Gasteiger partial charge in [0.15, 0.2) is 0 Å². The molecule has 29 heavy (non-hydrogen) atoms. The summed E-state index contributed by atoms with van der Waals surface area (Å²) >= 11 is 1.49. The molecule has 0 bridgehead atoms. The molecule has 148 valence electrons. The number of carbonyl (C=O) groups is 1. The van der Waals surface area contributed by atoms with Gasteiger partial charge < -0.3 is 5.32 Å². The minimum absolute atomic E-state index is 0.0152. The van der Waals surface area contributed by atoms with Crippen LogP contribution in [0.15, 0.2) is 59.0 Å². The topological polar surface area (TPSA) is 81.8 Å². The van der Waals surface area contributed by atoms with Crippen molar-refractivity contribution in [3.63, 3.8) is 0 Å². The van der Waals surface area contributed by atoms with Gasteiger partial charge in [-0.05, 0) is 30.7 Å². The standard InChI is InChI=1S/C21H21N5O2S/c1-2-11-25-17-5-3-4-6-18(17)26(21(25)28)13-19(27)23-12-20-24-16(14-29-20)15-7-9-22-10-8-15/h3-10,14H,2,11-13H2,1H3,(H,23,27). The van der Waals surface area contributed by atoms with Crippen molar-refractivity contribution in [3.05, 3.63) is 69.7 Å². The minimum atomic E-state index is -0.216. The van der Waals surface area contributed by atoms with E-state index < -0.39 is 0 Å². The van der Waals surface area contributed by atoms with Crippen molar-refractivity contribution in [2.45, 2.75) is 33.0 Å². The van der Waals surface area contributed by atoms with E-state index in [1.54, 1.807) is 17.0 Å². The molecule has 0 unspecified atom stereocenters. The Kier molecular flexibility index (Phi) is 5.53. The molecule has 0 saturated carbocycles. The van der Waals surface area contributed by atoms with E-state index in [4.69, 9.17) is 0 Å². The molecular weight excluding hydrogens is 386 g/mol. The number of imidazole rings is 1. The quantitative estimate of drug-likeness (QED) is 0.511. The van der Waals surface area contributed by atoms with Gasteiger partial charge in [-0.15, -0.1) is 11.3 Å². The molecule has 0 saturated heterocycles. The summed E-state index contributed by atoms with van der Waals surface area (Å²) in [5.74, 6) is -0.216. The number of carbonyl (C=O) groups excluding carboxylic acids is 1. The lowest BCUT2D eigenvalue weighted by Gasteiger charge is -2.05. The maximum absolute atomic E-state index is 12.8. The van der Waals surface area contributed by atoms with Gasteiger partial charge >= 0.3 is 5.69 Å². The van der Waals surface area contributed by atoms with Crippen LogP contribution in [-0.4, -0.2) is 25.0 Å². The first-order valence-corrected chi connectivity index (χ1v) is 10.3. The second kappa shape index (κ2) is 8.40. The van der Waals surface area contributed by atoms with Crippen molar-refractivity contribution in [1.29, 1.82) is 0 Å². The molecule has 7 nitrogen and oxygen atoms in total. The van der Waals surface area contributed by atoms with Crippen LogP contribution < -0.4 is 11.0 Å². The van der Waals surface area contributed by atoms with Crippen LogP contribution in [0.4, 0.5) is 0 Å². The number of nitrogens with one attached hydrogen (secondary N) is 1. The van der Waals surface area contributed by atoms with Crippen LogP contribution in [0.3, 0.4) is 0 Å². The first-order chi connectivity index (χ1) is 14.2. The molecule has 0 radical (unpaired) electrons. The highest BCUT2D eigenvalue weighted by molar-refractivity contribution is 7.09. The van der Waals surface area contributed by atoms with Gasteiger partial charge in [0, 0.05) is 29.9 Å². The molecular formula is C21H21N5O2S. The van der Waals surface area contributed by atoms with E-state index in [0.29, 0.717) is 13.1 Å². The SMILES string of the molecule is CCCn1c(=O)n(CC(=O)NCc2nc(-c3ccncc3)cs2)c2ccccc21. The van der Waals surface area contributed by atoms with E-state index in [-0.39, 0.29) is 18.1 Å². The Bertz CT molecular complexity index is 1190. The maximum atomic E-state index is 12.8. The number of fused-ring (bicyclic) bond motifs is 1. The normalized spacial score (nSPS) is 11.1. The zero-order valence-corrected chi connectivity index (χ0v) is 16.9. The first-order valence-electron chi connectivity index (χ1n) is 9.47. The van der Waals surface area contributed by atoms with Gasteiger partial charge in [0.2, 0.25) is 5.91 Å². The van der Waals surface area contributed by atoms with Gasteiger partial charge in [-0.2, -0.15) is 0 Å². The summed E-state index contributed by atoms with van der Waals surface area (Å²) in [6, 6.07) is 11.4. The number of rotatable bonds is 7. The van der Waals surface area contributed by atoms with Gasteiger partial charge in [-0.3, -0.25) is 18.9 Å². The number of nitrogens with zero attached hydrogens (tertiary/aromatic N) is 4. The van der Waals surface area contributed by atoms with Crippen LogP contribution in [0.2, 0.25) is 0 Å². The van der Waals surface area contributed by atoms with Crippen LogP contribution in [0.5, 0.6) is 0 Å². The van der Waals surface area contributed by atoms with E-state index in [1.807, 2.05) is 48.7 Å². The van der Waals surface area contributed by atoms with Gasteiger partial charge in [-0.1, -0.05) is 19.1 Å². The predicted molar refractivity (Wildman–Crippen MR) is 114 cm³/mol. The summed E-state index contributed by atoms with van der Waals surface area (Å²) in [7, 11) is 0. The summed E-state index contributed by atoms with van der Waals surface area (Å²) in [6.07, 6.45) is 4.30. The number of thiazole rings is 1. The van der Waals surface area contributed by atoms with E-state index >= 15 is 0 Å². The number of benzene rings is 1. The highest BCUT2D eigenvalue weighted by Gasteiger charge is 2.15. The number of pyridine rings is 1. The third-order valence-electron chi connectivity index (χ3n) is 4.64. The van der Waals surface area contributed by atoms with Crippen LogP contribution in [0.25, 0.3) is 22.3 Å². The van der Waals surface area contributed by atoms with E-state index in [1.165, 1.54) is 15.9 Å². The van der Waals surface area contributed by atoms with Crippen molar-refractivity contribution in [2.75, 3.05) is 0 Å². The monoisotopic (exact) mass is 407 g/mol. The van der Waals surface area contributed by atoms with Crippen molar-refractivity contribution in [2.24, 2.45) is 0 Å². The number of amides is 1. The molecule has 0 atom stereocenters. The highest BCUT2D eigenvalue weighted by Crippen LogP contribution is 2.21. The van der Waals surface area contributed by atoms with E-state index in [0.717, 1.165) is 33.7 Å². The Morgan fingerprint density at radius 2 is 1.83 bits per heavy atom. The molecule has 3 heterocycles. The number of aromatic nitrogens is 4. The fourth-order valence-corrected chi connectivity index (χ4v) is 4.03. The molecule has 8 heteroatoms. The van der Waals surface area contributed by atoms with Gasteiger partial charge in [0.25, 0.3) is 0 Å². The maximum Gasteiger partial charge on any atom is 0.329 e. The first kappa shape index (κ1) is 19.1. The molecule has 0 aliphatic carbocycles. The number of hydrogen-bond donors (Lipinski definition) is 1. The molecule has 0 fully saturated rings. The fourth-order valence-electron chi connectivity index (χ4n) is 3.29. The van der Waals surface area contributed by atoms with Crippen molar-refractivity contribution >= 4 is 28.3 Å². The number of aryl methyl sites for hydroxylation is 1. The largest absolute Gasteiger partial charge is 0.348 e. The lowest BCUT2D eigenvalue weighted by atomic mass is 10.2. The lowest BCUT2D eigenvalue weighted by molar-refractivity contribution is -0.121. The Labute approximate surface area is 171 Å². The Balaban J connectivity index is 1.46. The third-order valence-corrected chi connectivity index (χ3v) is 5.49. The number of hydrogen-bond acceptors (Lipinski definition) is 5. The summed E-state index contributed by atoms with van der Waals surface area (Å²) in [4.78, 5) is 33.9. The average Bonchev–Trinajstić information content (AvgIpc) is 3.33. The molecule has 0 aliphatic rings. The molecule has 0 spiro atoms. The van der Waals surface area contributed by atoms with Crippen LogP contribution in [0.1, 0.15) is 18.4 Å². The van der Waals surface area contributed by atoms with Crippen LogP contribution in [0, 0.1) is 0 Å². The lowest BCUT2D eigenvalue weighted by Crippen LogP contribution is -2.32. The fraction of sp³-hybridized carbons (Fsp3) is 0.238. The molecule has 4 rings (SSSR count). The molecule has 0 aliphatic heterocycles. The van der Waals surface area contributed by atoms with E-state index in [2.05, 4.69) is 15.3 Å². The second-order valence-corrected chi connectivity index (χ2v) is 7.59. The van der Waals surface area contributed by atoms with Gasteiger partial charge in [-0.25, -0.2) is 9.78 Å². The van der Waals surface area contributed by atoms with Crippen molar-refractivity contribution in [3.8, 4) is 11.3 Å². The Hall–Kier alpha value is -3.26. The summed E-state index contributed by atoms with van der Waals surface area (Å²) < 4.78 is 3.26. The highest BCUT2D eigenvalue weighted by atomic mass is 32.1. The van der Waals surface area contributed by atoms with Crippen LogP contribution >= 0.6 is 11.3 Å². The van der Waals surface area contributed by atoms with Crippen molar-refractivity contribution < 1.29 is 4.79 Å². The third kappa shape index (κ3) is 3.97. The Morgan fingerprint density at radius 3 is 2.55 bits per heavy atom. The summed E-state index contributed by atoms with van der Waals surface area (Å²) in [5.41, 5.74) is 3.33.